The van der Waals surface area contributed by atoms with E-state index >= 15 is 0 Å². The van der Waals surface area contributed by atoms with E-state index in [0.717, 1.165) is 11.1 Å². The molecule has 246 valence electrons. The first-order chi connectivity index (χ1) is 22.5. The van der Waals surface area contributed by atoms with Gasteiger partial charge in [0.15, 0.2) is 29.6 Å². The average molecular weight is 674 g/mol. The SMILES string of the molecule is C[C@@H]1[C@H](CSc2ccccc2C(=O)O)O[C@H](c2ccc(CNC(=O)c3c(F)c(F)c(F)c(F)c3F)cc2)O[C@@H]1c1ccc(CO)cc1. The maximum absolute atomic E-state index is 14.0. The zero-order valence-electron chi connectivity index (χ0n) is 24.7. The molecule has 47 heavy (non-hydrogen) atoms. The van der Waals surface area contributed by atoms with Crippen molar-refractivity contribution in [2.45, 2.75) is 43.5 Å². The third kappa shape index (κ3) is 7.33. The predicted molar refractivity (Wildman–Crippen MR) is 161 cm³/mol. The summed E-state index contributed by atoms with van der Waals surface area (Å²) in [5.74, 6) is -13.5. The molecule has 1 amide bonds. The molecule has 1 aliphatic rings. The minimum Gasteiger partial charge on any atom is -0.478 e. The van der Waals surface area contributed by atoms with Gasteiger partial charge in [0, 0.05) is 28.7 Å². The van der Waals surface area contributed by atoms with Crippen molar-refractivity contribution in [1.29, 1.82) is 0 Å². The van der Waals surface area contributed by atoms with Crippen molar-refractivity contribution in [2.24, 2.45) is 5.92 Å². The Kier molecular flexibility index (Phi) is 10.6. The number of hydrogen-bond acceptors (Lipinski definition) is 6. The number of carbonyl (C=O) groups excluding carboxylic acids is 1. The number of halogens is 5. The van der Waals surface area contributed by atoms with E-state index in [9.17, 15) is 41.8 Å². The smallest absolute Gasteiger partial charge is 0.336 e. The lowest BCUT2D eigenvalue weighted by atomic mass is 9.91. The summed E-state index contributed by atoms with van der Waals surface area (Å²) in [7, 11) is 0. The quantitative estimate of drug-likeness (QED) is 0.0715. The van der Waals surface area contributed by atoms with Gasteiger partial charge in [-0.2, -0.15) is 0 Å². The summed E-state index contributed by atoms with van der Waals surface area (Å²) < 4.78 is 81.3. The molecule has 1 heterocycles. The number of amides is 1. The number of hydrogen-bond donors (Lipinski definition) is 3. The fourth-order valence-electron chi connectivity index (χ4n) is 5.12. The van der Waals surface area contributed by atoms with Crippen LogP contribution < -0.4 is 5.32 Å². The zero-order chi connectivity index (χ0) is 33.8. The molecule has 7 nitrogen and oxygen atoms in total. The molecule has 5 rings (SSSR count). The molecule has 0 radical (unpaired) electrons. The molecular weight excluding hydrogens is 645 g/mol. The van der Waals surface area contributed by atoms with E-state index in [0.29, 0.717) is 21.8 Å². The van der Waals surface area contributed by atoms with E-state index in [-0.39, 0.29) is 24.6 Å². The van der Waals surface area contributed by atoms with Crippen LogP contribution in [0.3, 0.4) is 0 Å². The van der Waals surface area contributed by atoms with Crippen molar-refractivity contribution in [3.05, 3.63) is 135 Å². The summed E-state index contributed by atoms with van der Waals surface area (Å²) >= 11 is 1.34. The van der Waals surface area contributed by atoms with Crippen molar-refractivity contribution < 1.29 is 51.2 Å². The van der Waals surface area contributed by atoms with Crippen LogP contribution in [0.1, 0.15) is 62.3 Å². The van der Waals surface area contributed by atoms with E-state index in [1.807, 2.05) is 19.1 Å². The molecule has 0 bridgehead atoms. The molecule has 0 unspecified atom stereocenters. The third-order valence-electron chi connectivity index (χ3n) is 7.79. The number of benzene rings is 4. The standard InChI is InChI=1S/C34H28F5NO6S/c1-17-23(16-47-24-5-3-2-4-22(24)33(43)44)45-34(46-31(17)20-10-8-19(15-41)9-11-20)21-12-6-18(7-13-21)14-40-32(42)25-26(35)28(37)30(39)29(38)27(25)36/h2-13,17,23,31,34,41H,14-16H2,1H3,(H,40,42)(H,43,44)/t17-,23+,31+,34+/m1/s1. The van der Waals surface area contributed by atoms with E-state index in [1.165, 1.54) is 17.8 Å². The van der Waals surface area contributed by atoms with Crippen LogP contribution in [0.4, 0.5) is 22.0 Å². The maximum Gasteiger partial charge on any atom is 0.336 e. The molecule has 1 fully saturated rings. The van der Waals surface area contributed by atoms with Crippen LogP contribution >= 0.6 is 11.8 Å². The van der Waals surface area contributed by atoms with E-state index in [4.69, 9.17) is 9.47 Å². The first-order valence-electron chi connectivity index (χ1n) is 14.3. The Balaban J connectivity index is 1.33. The summed E-state index contributed by atoms with van der Waals surface area (Å²) in [6.07, 6.45) is -1.71. The lowest BCUT2D eigenvalue weighted by Crippen LogP contribution is -2.38. The van der Waals surface area contributed by atoms with Crippen molar-refractivity contribution in [3.8, 4) is 0 Å². The zero-order valence-corrected chi connectivity index (χ0v) is 25.5. The van der Waals surface area contributed by atoms with Gasteiger partial charge in [0.1, 0.15) is 5.56 Å². The number of carboxylic acids is 1. The fourth-order valence-corrected chi connectivity index (χ4v) is 6.33. The summed E-state index contributed by atoms with van der Waals surface area (Å²) in [4.78, 5) is 24.7. The predicted octanol–water partition coefficient (Wildman–Crippen LogP) is 7.09. The number of carbonyl (C=O) groups is 2. The van der Waals surface area contributed by atoms with Gasteiger partial charge in [-0.05, 0) is 28.8 Å². The lowest BCUT2D eigenvalue weighted by molar-refractivity contribution is -0.268. The summed E-state index contributed by atoms with van der Waals surface area (Å²) in [5, 5.41) is 21.2. The van der Waals surface area contributed by atoms with Gasteiger partial charge < -0.3 is 25.0 Å². The van der Waals surface area contributed by atoms with Crippen molar-refractivity contribution >= 4 is 23.6 Å². The number of carboxylic acid groups (broad SMARTS) is 1. The molecule has 3 N–H and O–H groups in total. The summed E-state index contributed by atoms with van der Waals surface area (Å²) in [6, 6.07) is 20.4. The molecule has 0 aromatic heterocycles. The first kappa shape index (κ1) is 34.0. The highest BCUT2D eigenvalue weighted by molar-refractivity contribution is 7.99. The second kappa shape index (κ2) is 14.6. The minimum absolute atomic E-state index is 0.121. The Morgan fingerprint density at radius 2 is 1.36 bits per heavy atom. The second-order valence-corrected chi connectivity index (χ2v) is 11.9. The number of aliphatic hydroxyl groups excluding tert-OH is 1. The van der Waals surface area contributed by atoms with Crippen molar-refractivity contribution in [2.75, 3.05) is 5.75 Å². The molecule has 0 aliphatic carbocycles. The Morgan fingerprint density at radius 1 is 0.787 bits per heavy atom. The van der Waals surface area contributed by atoms with Crippen LogP contribution in [0.25, 0.3) is 0 Å². The summed E-state index contributed by atoms with van der Waals surface area (Å²) in [5.41, 5.74) is 1.20. The maximum atomic E-state index is 14.0. The Hall–Kier alpha value is -4.30. The average Bonchev–Trinajstić information content (AvgIpc) is 3.09. The number of aromatic carboxylic acids is 1. The van der Waals surface area contributed by atoms with Crippen LogP contribution in [0.2, 0.25) is 0 Å². The van der Waals surface area contributed by atoms with Crippen molar-refractivity contribution in [3.63, 3.8) is 0 Å². The van der Waals surface area contributed by atoms with Gasteiger partial charge in [0.2, 0.25) is 5.82 Å². The molecular formula is C34H28F5NO6S. The van der Waals surface area contributed by atoms with Crippen LogP contribution in [-0.4, -0.2) is 33.9 Å². The highest BCUT2D eigenvalue weighted by Gasteiger charge is 2.38. The van der Waals surface area contributed by atoms with Crippen LogP contribution in [0, 0.1) is 35.0 Å². The molecule has 13 heteroatoms. The van der Waals surface area contributed by atoms with E-state index in [1.54, 1.807) is 54.6 Å². The van der Waals surface area contributed by atoms with Crippen LogP contribution in [0.15, 0.2) is 77.7 Å². The molecule has 0 spiro atoms. The topological polar surface area (TPSA) is 105 Å². The van der Waals surface area contributed by atoms with E-state index < -0.39 is 65.0 Å². The van der Waals surface area contributed by atoms with Gasteiger partial charge in [0.05, 0.1) is 24.4 Å². The molecule has 1 saturated heterocycles. The van der Waals surface area contributed by atoms with Crippen LogP contribution in [0.5, 0.6) is 0 Å². The van der Waals surface area contributed by atoms with Gasteiger partial charge >= 0.3 is 5.97 Å². The van der Waals surface area contributed by atoms with Gasteiger partial charge in [-0.25, -0.2) is 26.7 Å². The molecule has 1 aliphatic heterocycles. The molecule has 4 aromatic carbocycles. The fraction of sp³-hybridized carbons (Fsp3) is 0.235. The number of thioether (sulfide) groups is 1. The Labute approximate surface area is 270 Å². The third-order valence-corrected chi connectivity index (χ3v) is 8.95. The number of nitrogens with one attached hydrogen (secondary N) is 1. The van der Waals surface area contributed by atoms with Gasteiger partial charge in [-0.15, -0.1) is 11.8 Å². The minimum atomic E-state index is -2.36. The highest BCUT2D eigenvalue weighted by Crippen LogP contribution is 2.43. The normalized spacial score (nSPS) is 19.4. The number of rotatable bonds is 10. The van der Waals surface area contributed by atoms with Crippen LogP contribution in [-0.2, 0) is 22.6 Å². The van der Waals surface area contributed by atoms with E-state index in [2.05, 4.69) is 5.32 Å². The first-order valence-corrected chi connectivity index (χ1v) is 15.3. The van der Waals surface area contributed by atoms with Crippen molar-refractivity contribution in [1.82, 2.24) is 5.32 Å². The van der Waals surface area contributed by atoms with Gasteiger partial charge in [-0.1, -0.05) is 67.6 Å². The second-order valence-electron chi connectivity index (χ2n) is 10.8. The van der Waals surface area contributed by atoms with Gasteiger partial charge in [0.25, 0.3) is 5.91 Å². The largest absolute Gasteiger partial charge is 0.478 e. The monoisotopic (exact) mass is 673 g/mol. The number of ether oxygens (including phenoxy) is 2. The Bertz CT molecular complexity index is 1740. The Morgan fingerprint density at radius 3 is 1.98 bits per heavy atom. The molecule has 0 saturated carbocycles. The lowest BCUT2D eigenvalue weighted by Gasteiger charge is -2.41. The summed E-state index contributed by atoms with van der Waals surface area (Å²) in [6.45, 7) is 1.55. The van der Waals surface area contributed by atoms with Gasteiger partial charge in [-0.3, -0.25) is 4.79 Å². The highest BCUT2D eigenvalue weighted by atomic mass is 32.2. The molecule has 4 atom stereocenters. The number of aliphatic hydroxyl groups is 1. The molecule has 4 aromatic rings.